The second-order valence-electron chi connectivity index (χ2n) is 7.36. The van der Waals surface area contributed by atoms with Crippen LogP contribution in [0.4, 0.5) is 5.82 Å². The standard InChI is InChI=1S/C18H22N4O3/c1-18(2,3)12-10-19-16(24)15(12)17(25)20-13-9-14(23)22(21-13)11-7-5-4-6-8-11/h4-9,12,15,21H,10H2,1-3H3,(H,19,24)(H,20,25)/t12-,15+/m1/s1. The third kappa shape index (κ3) is 3.35. The molecule has 1 saturated heterocycles. The number of aromatic amines is 1. The molecule has 2 heterocycles. The van der Waals surface area contributed by atoms with E-state index in [1.54, 1.807) is 12.1 Å². The van der Waals surface area contributed by atoms with Gasteiger partial charge in [0.1, 0.15) is 11.7 Å². The summed E-state index contributed by atoms with van der Waals surface area (Å²) in [6.45, 7) is 6.49. The fourth-order valence-corrected chi connectivity index (χ4v) is 3.17. The molecule has 0 unspecified atom stereocenters. The number of aromatic nitrogens is 2. The van der Waals surface area contributed by atoms with Crippen LogP contribution in [0.25, 0.3) is 5.69 Å². The van der Waals surface area contributed by atoms with E-state index in [0.29, 0.717) is 12.2 Å². The topological polar surface area (TPSA) is 96.0 Å². The number of benzene rings is 1. The summed E-state index contributed by atoms with van der Waals surface area (Å²) in [5.41, 5.74) is 0.189. The number of hydrogen-bond acceptors (Lipinski definition) is 3. The van der Waals surface area contributed by atoms with Gasteiger partial charge in [-0.2, -0.15) is 0 Å². The number of anilines is 1. The van der Waals surface area contributed by atoms with E-state index in [-0.39, 0.29) is 28.6 Å². The van der Waals surface area contributed by atoms with Crippen molar-refractivity contribution >= 4 is 17.6 Å². The molecule has 0 bridgehead atoms. The summed E-state index contributed by atoms with van der Waals surface area (Å²) in [6, 6.07) is 10.4. The van der Waals surface area contributed by atoms with E-state index in [1.807, 2.05) is 39.0 Å². The minimum atomic E-state index is -0.774. The van der Waals surface area contributed by atoms with Gasteiger partial charge < -0.3 is 10.6 Å². The molecule has 0 saturated carbocycles. The number of hydrogen-bond donors (Lipinski definition) is 3. The first-order valence-corrected chi connectivity index (χ1v) is 8.23. The average Bonchev–Trinajstić information content (AvgIpc) is 3.10. The normalized spacial score (nSPS) is 20.4. The fraction of sp³-hybridized carbons (Fsp3) is 0.389. The van der Waals surface area contributed by atoms with Gasteiger partial charge in [0.15, 0.2) is 0 Å². The highest BCUT2D eigenvalue weighted by Gasteiger charge is 2.45. The van der Waals surface area contributed by atoms with E-state index in [1.165, 1.54) is 10.7 Å². The van der Waals surface area contributed by atoms with Crippen molar-refractivity contribution in [2.24, 2.45) is 17.3 Å². The molecular weight excluding hydrogens is 320 g/mol. The molecule has 1 aromatic carbocycles. The molecule has 7 nitrogen and oxygen atoms in total. The first-order valence-electron chi connectivity index (χ1n) is 8.23. The van der Waals surface area contributed by atoms with Crippen LogP contribution in [0.2, 0.25) is 0 Å². The molecule has 1 fully saturated rings. The van der Waals surface area contributed by atoms with Crippen molar-refractivity contribution in [3.05, 3.63) is 46.8 Å². The Hall–Kier alpha value is -2.83. The van der Waals surface area contributed by atoms with Crippen molar-refractivity contribution in [1.29, 1.82) is 0 Å². The number of amides is 2. The number of H-pyrrole nitrogens is 1. The average molecular weight is 342 g/mol. The molecule has 0 spiro atoms. The van der Waals surface area contributed by atoms with Gasteiger partial charge in [0.05, 0.1) is 5.69 Å². The van der Waals surface area contributed by atoms with Gasteiger partial charge >= 0.3 is 0 Å². The lowest BCUT2D eigenvalue weighted by Crippen LogP contribution is -2.37. The third-order valence-corrected chi connectivity index (χ3v) is 4.57. The Kier molecular flexibility index (Phi) is 4.24. The lowest BCUT2D eigenvalue weighted by atomic mass is 9.74. The van der Waals surface area contributed by atoms with Crippen LogP contribution in [0, 0.1) is 17.3 Å². The molecule has 132 valence electrons. The van der Waals surface area contributed by atoms with Gasteiger partial charge in [-0.1, -0.05) is 39.0 Å². The number of rotatable bonds is 3. The van der Waals surface area contributed by atoms with Crippen molar-refractivity contribution in [1.82, 2.24) is 15.1 Å². The lowest BCUT2D eigenvalue weighted by molar-refractivity contribution is -0.132. The van der Waals surface area contributed by atoms with Gasteiger partial charge in [0.25, 0.3) is 5.56 Å². The summed E-state index contributed by atoms with van der Waals surface area (Å²) in [5, 5.41) is 8.29. The van der Waals surface area contributed by atoms with Gasteiger partial charge in [0.2, 0.25) is 11.8 Å². The molecule has 3 N–H and O–H groups in total. The Morgan fingerprint density at radius 3 is 2.52 bits per heavy atom. The van der Waals surface area contributed by atoms with Crippen LogP contribution in [-0.2, 0) is 9.59 Å². The Bertz CT molecular complexity index is 845. The molecule has 25 heavy (non-hydrogen) atoms. The summed E-state index contributed by atoms with van der Waals surface area (Å²) in [5.74, 6) is -1.30. The smallest absolute Gasteiger partial charge is 0.273 e. The zero-order chi connectivity index (χ0) is 18.2. The summed E-state index contributed by atoms with van der Waals surface area (Å²) < 4.78 is 1.34. The monoisotopic (exact) mass is 342 g/mol. The first-order chi connectivity index (χ1) is 11.8. The number of nitrogens with zero attached hydrogens (tertiary/aromatic N) is 1. The maximum Gasteiger partial charge on any atom is 0.273 e. The molecule has 7 heteroatoms. The van der Waals surface area contributed by atoms with Crippen molar-refractivity contribution in [3.8, 4) is 5.69 Å². The molecule has 2 amide bonds. The van der Waals surface area contributed by atoms with Crippen LogP contribution >= 0.6 is 0 Å². The van der Waals surface area contributed by atoms with Crippen LogP contribution in [-0.4, -0.2) is 28.1 Å². The summed E-state index contributed by atoms with van der Waals surface area (Å²) in [4.78, 5) is 36.9. The SMILES string of the molecule is CC(C)(C)[C@@H]1CNC(=O)[C@H]1C(=O)Nc1cc(=O)n(-c2ccccc2)[nH]1. The Labute approximate surface area is 145 Å². The predicted molar refractivity (Wildman–Crippen MR) is 94.5 cm³/mol. The maximum atomic E-state index is 12.6. The van der Waals surface area contributed by atoms with E-state index in [4.69, 9.17) is 0 Å². The second-order valence-corrected chi connectivity index (χ2v) is 7.36. The van der Waals surface area contributed by atoms with Crippen LogP contribution in [0.1, 0.15) is 20.8 Å². The predicted octanol–water partition coefficient (Wildman–Crippen LogP) is 1.51. The summed E-state index contributed by atoms with van der Waals surface area (Å²) >= 11 is 0. The molecule has 2 atom stereocenters. The third-order valence-electron chi connectivity index (χ3n) is 4.57. The number of nitrogens with one attached hydrogen (secondary N) is 3. The molecule has 3 rings (SSSR count). The van der Waals surface area contributed by atoms with E-state index < -0.39 is 11.8 Å². The highest BCUT2D eigenvalue weighted by atomic mass is 16.2. The molecule has 0 aliphatic carbocycles. The first kappa shape index (κ1) is 17.0. The highest BCUT2D eigenvalue weighted by molar-refractivity contribution is 6.07. The largest absolute Gasteiger partial charge is 0.355 e. The minimum Gasteiger partial charge on any atom is -0.355 e. The Balaban J connectivity index is 1.82. The number of carbonyl (C=O) groups is 2. The molecule has 1 aromatic heterocycles. The maximum absolute atomic E-state index is 12.6. The second kappa shape index (κ2) is 6.23. The number of para-hydroxylation sites is 1. The highest BCUT2D eigenvalue weighted by Crippen LogP contribution is 2.35. The van der Waals surface area contributed by atoms with Crippen molar-refractivity contribution in [2.45, 2.75) is 20.8 Å². The summed E-state index contributed by atoms with van der Waals surface area (Å²) in [6.07, 6.45) is 0. The fourth-order valence-electron chi connectivity index (χ4n) is 3.17. The van der Waals surface area contributed by atoms with Gasteiger partial charge in [-0.3, -0.25) is 19.5 Å². The van der Waals surface area contributed by atoms with E-state index in [2.05, 4.69) is 15.7 Å². The lowest BCUT2D eigenvalue weighted by Gasteiger charge is -2.29. The van der Waals surface area contributed by atoms with Gasteiger partial charge in [0, 0.05) is 18.5 Å². The Morgan fingerprint density at radius 1 is 1.20 bits per heavy atom. The van der Waals surface area contributed by atoms with Crippen LogP contribution in [0.3, 0.4) is 0 Å². The van der Waals surface area contributed by atoms with E-state index in [9.17, 15) is 14.4 Å². The Morgan fingerprint density at radius 2 is 1.88 bits per heavy atom. The van der Waals surface area contributed by atoms with Crippen molar-refractivity contribution in [2.75, 3.05) is 11.9 Å². The zero-order valence-electron chi connectivity index (χ0n) is 14.5. The van der Waals surface area contributed by atoms with Gasteiger partial charge in [-0.05, 0) is 17.5 Å². The zero-order valence-corrected chi connectivity index (χ0v) is 14.5. The quantitative estimate of drug-likeness (QED) is 0.738. The summed E-state index contributed by atoms with van der Waals surface area (Å²) in [7, 11) is 0. The van der Waals surface area contributed by atoms with Crippen LogP contribution in [0.5, 0.6) is 0 Å². The van der Waals surface area contributed by atoms with E-state index in [0.717, 1.165) is 0 Å². The van der Waals surface area contributed by atoms with Crippen LogP contribution in [0.15, 0.2) is 41.2 Å². The molecule has 1 aliphatic heterocycles. The van der Waals surface area contributed by atoms with Gasteiger partial charge in [-0.15, -0.1) is 0 Å². The van der Waals surface area contributed by atoms with Crippen molar-refractivity contribution in [3.63, 3.8) is 0 Å². The molecule has 1 aliphatic rings. The van der Waals surface area contributed by atoms with E-state index >= 15 is 0 Å². The number of carbonyl (C=O) groups excluding carboxylic acids is 2. The molecular formula is C18H22N4O3. The van der Waals surface area contributed by atoms with Crippen LogP contribution < -0.4 is 16.2 Å². The van der Waals surface area contributed by atoms with Gasteiger partial charge in [-0.25, -0.2) is 4.68 Å². The van der Waals surface area contributed by atoms with Crippen molar-refractivity contribution < 1.29 is 9.59 Å². The molecule has 0 radical (unpaired) electrons. The molecule has 2 aromatic rings. The minimum absolute atomic E-state index is 0.108.